The maximum Gasteiger partial charge on any atom is 0.237 e. The minimum Gasteiger partial charge on any atom is -0.393 e. The molecule has 0 aromatic carbocycles. The van der Waals surface area contributed by atoms with Gasteiger partial charge in [0.2, 0.25) is 5.91 Å². The van der Waals surface area contributed by atoms with Crippen LogP contribution in [-0.2, 0) is 4.79 Å². The molecule has 2 aliphatic rings. The summed E-state index contributed by atoms with van der Waals surface area (Å²) in [6.07, 6.45) is 7.27. The van der Waals surface area contributed by atoms with Crippen molar-refractivity contribution < 1.29 is 9.90 Å². The second kappa shape index (κ2) is 7.97. The summed E-state index contributed by atoms with van der Waals surface area (Å²) in [7, 11) is 0. The van der Waals surface area contributed by atoms with E-state index >= 15 is 0 Å². The number of piperidine rings is 1. The van der Waals surface area contributed by atoms with Crippen molar-refractivity contribution in [1.82, 2.24) is 10.6 Å². The highest BCUT2D eigenvalue weighted by Crippen LogP contribution is 2.23. The number of rotatable bonds is 3. The van der Waals surface area contributed by atoms with Crippen molar-refractivity contribution in [1.29, 1.82) is 0 Å². The first-order valence-corrected chi connectivity index (χ1v) is 6.96. The zero-order chi connectivity index (χ0) is 12.1. The zero-order valence-electron chi connectivity index (χ0n) is 10.9. The van der Waals surface area contributed by atoms with E-state index in [4.69, 9.17) is 0 Å². The molecule has 0 spiro atoms. The lowest BCUT2D eigenvalue weighted by Crippen LogP contribution is -2.48. The van der Waals surface area contributed by atoms with Crippen LogP contribution in [0.15, 0.2) is 0 Å². The van der Waals surface area contributed by atoms with E-state index in [0.29, 0.717) is 6.54 Å². The number of halogens is 1. The van der Waals surface area contributed by atoms with Gasteiger partial charge in [-0.2, -0.15) is 0 Å². The summed E-state index contributed by atoms with van der Waals surface area (Å²) in [4.78, 5) is 11.9. The molecule has 0 radical (unpaired) electrons. The number of amides is 1. The molecule has 18 heavy (non-hydrogen) atoms. The molecule has 1 amide bonds. The number of nitrogens with one attached hydrogen (secondary N) is 2. The van der Waals surface area contributed by atoms with Gasteiger partial charge >= 0.3 is 0 Å². The summed E-state index contributed by atoms with van der Waals surface area (Å²) in [5.74, 6) is 0.374. The van der Waals surface area contributed by atoms with Crippen LogP contribution < -0.4 is 10.6 Å². The average Bonchev–Trinajstić information content (AvgIpc) is 2.38. The monoisotopic (exact) mass is 276 g/mol. The molecule has 106 valence electrons. The molecule has 1 heterocycles. The van der Waals surface area contributed by atoms with Gasteiger partial charge in [0.05, 0.1) is 12.1 Å². The Bertz CT molecular complexity index is 257. The molecule has 5 heteroatoms. The van der Waals surface area contributed by atoms with Crippen LogP contribution in [-0.4, -0.2) is 36.2 Å². The van der Waals surface area contributed by atoms with Crippen molar-refractivity contribution in [2.75, 3.05) is 13.1 Å². The van der Waals surface area contributed by atoms with Crippen molar-refractivity contribution in [2.24, 2.45) is 5.92 Å². The van der Waals surface area contributed by atoms with Crippen LogP contribution in [0.4, 0.5) is 0 Å². The number of carbonyl (C=O) groups excluding carboxylic acids is 1. The molecule has 0 aromatic heterocycles. The molecule has 1 saturated carbocycles. The van der Waals surface area contributed by atoms with Crippen LogP contribution in [0.25, 0.3) is 0 Å². The Morgan fingerprint density at radius 3 is 2.56 bits per heavy atom. The third-order valence-corrected chi connectivity index (χ3v) is 4.03. The first-order chi connectivity index (χ1) is 8.27. The van der Waals surface area contributed by atoms with E-state index in [1.54, 1.807) is 0 Å². The van der Waals surface area contributed by atoms with Gasteiger partial charge in [-0.15, -0.1) is 12.4 Å². The minimum atomic E-state index is -0.219. The van der Waals surface area contributed by atoms with Crippen molar-refractivity contribution in [3.8, 4) is 0 Å². The van der Waals surface area contributed by atoms with E-state index in [1.165, 1.54) is 12.8 Å². The first-order valence-electron chi connectivity index (χ1n) is 6.96. The van der Waals surface area contributed by atoms with Gasteiger partial charge in [0, 0.05) is 12.5 Å². The molecular formula is C13H25ClN2O2. The smallest absolute Gasteiger partial charge is 0.237 e. The highest BCUT2D eigenvalue weighted by Gasteiger charge is 2.25. The van der Waals surface area contributed by atoms with Crippen molar-refractivity contribution >= 4 is 18.3 Å². The maximum absolute atomic E-state index is 11.9. The molecule has 2 rings (SSSR count). The summed E-state index contributed by atoms with van der Waals surface area (Å²) < 4.78 is 0. The topological polar surface area (TPSA) is 61.4 Å². The molecule has 0 aromatic rings. The van der Waals surface area contributed by atoms with Crippen LogP contribution in [0.3, 0.4) is 0 Å². The number of hydrogen-bond donors (Lipinski definition) is 3. The SMILES string of the molecule is Cl.O=C(NCC1CCCCC1O)[C@@H]1CCCCN1. The van der Waals surface area contributed by atoms with E-state index in [0.717, 1.165) is 38.6 Å². The predicted molar refractivity (Wildman–Crippen MR) is 73.9 cm³/mol. The molecule has 0 bridgehead atoms. The third-order valence-electron chi connectivity index (χ3n) is 4.03. The van der Waals surface area contributed by atoms with Gasteiger partial charge in [0.25, 0.3) is 0 Å². The normalized spacial score (nSPS) is 32.4. The van der Waals surface area contributed by atoms with E-state index < -0.39 is 0 Å². The average molecular weight is 277 g/mol. The van der Waals surface area contributed by atoms with Crippen LogP contribution in [0, 0.1) is 5.92 Å². The standard InChI is InChI=1S/C13H24N2O2.ClH/c16-12-7-2-1-5-10(12)9-15-13(17)11-6-3-4-8-14-11;/h10-12,14,16H,1-9H2,(H,15,17);1H/t10?,11-,12?;/m0./s1. The van der Waals surface area contributed by atoms with Gasteiger partial charge in [-0.05, 0) is 32.2 Å². The van der Waals surface area contributed by atoms with Crippen LogP contribution in [0.2, 0.25) is 0 Å². The minimum absolute atomic E-state index is 0. The van der Waals surface area contributed by atoms with Crippen LogP contribution in [0.1, 0.15) is 44.9 Å². The van der Waals surface area contributed by atoms with Gasteiger partial charge in [-0.1, -0.05) is 19.3 Å². The summed E-state index contributed by atoms with van der Waals surface area (Å²) in [6.45, 7) is 1.59. The lowest BCUT2D eigenvalue weighted by molar-refractivity contribution is -0.124. The number of aliphatic hydroxyl groups excluding tert-OH is 1. The summed E-state index contributed by atoms with van der Waals surface area (Å²) >= 11 is 0. The Labute approximate surface area is 115 Å². The highest BCUT2D eigenvalue weighted by atomic mass is 35.5. The van der Waals surface area contributed by atoms with Gasteiger partial charge < -0.3 is 15.7 Å². The molecule has 3 atom stereocenters. The zero-order valence-corrected chi connectivity index (χ0v) is 11.7. The Balaban J connectivity index is 0.00000162. The Morgan fingerprint density at radius 1 is 1.17 bits per heavy atom. The summed E-state index contributed by atoms with van der Waals surface area (Å²) in [5, 5.41) is 16.1. The third kappa shape index (κ3) is 4.41. The number of hydrogen-bond acceptors (Lipinski definition) is 3. The molecule has 1 aliphatic carbocycles. The van der Waals surface area contributed by atoms with Gasteiger partial charge in [0.1, 0.15) is 0 Å². The van der Waals surface area contributed by atoms with E-state index in [9.17, 15) is 9.90 Å². The van der Waals surface area contributed by atoms with Crippen molar-refractivity contribution in [2.45, 2.75) is 57.1 Å². The van der Waals surface area contributed by atoms with E-state index in [-0.39, 0.29) is 36.4 Å². The molecule has 1 saturated heterocycles. The fourth-order valence-electron chi connectivity index (χ4n) is 2.86. The molecule has 1 aliphatic heterocycles. The molecule has 3 N–H and O–H groups in total. The Morgan fingerprint density at radius 2 is 1.89 bits per heavy atom. The molecule has 4 nitrogen and oxygen atoms in total. The fourth-order valence-corrected chi connectivity index (χ4v) is 2.86. The molecule has 2 fully saturated rings. The number of aliphatic hydroxyl groups is 1. The second-order valence-corrected chi connectivity index (χ2v) is 5.36. The van der Waals surface area contributed by atoms with Gasteiger partial charge in [-0.3, -0.25) is 4.79 Å². The van der Waals surface area contributed by atoms with Gasteiger partial charge in [0.15, 0.2) is 0 Å². The first kappa shape index (κ1) is 15.7. The quantitative estimate of drug-likeness (QED) is 0.726. The summed E-state index contributed by atoms with van der Waals surface area (Å²) in [5.41, 5.74) is 0. The van der Waals surface area contributed by atoms with Crippen molar-refractivity contribution in [3.05, 3.63) is 0 Å². The van der Waals surface area contributed by atoms with Crippen LogP contribution >= 0.6 is 12.4 Å². The maximum atomic E-state index is 11.9. The van der Waals surface area contributed by atoms with Crippen LogP contribution in [0.5, 0.6) is 0 Å². The lowest BCUT2D eigenvalue weighted by atomic mass is 9.86. The van der Waals surface area contributed by atoms with Crippen molar-refractivity contribution in [3.63, 3.8) is 0 Å². The largest absolute Gasteiger partial charge is 0.393 e. The van der Waals surface area contributed by atoms with E-state index in [1.807, 2.05) is 0 Å². The Hall–Kier alpha value is -0.320. The van der Waals surface area contributed by atoms with Gasteiger partial charge in [-0.25, -0.2) is 0 Å². The second-order valence-electron chi connectivity index (χ2n) is 5.36. The Kier molecular flexibility index (Phi) is 6.97. The number of carbonyl (C=O) groups is 1. The predicted octanol–water partition coefficient (Wildman–Crippen LogP) is 1.22. The molecule has 2 unspecified atom stereocenters. The fraction of sp³-hybridized carbons (Fsp3) is 0.923. The molecular weight excluding hydrogens is 252 g/mol. The lowest BCUT2D eigenvalue weighted by Gasteiger charge is -2.29. The van der Waals surface area contributed by atoms with E-state index in [2.05, 4.69) is 10.6 Å². The summed E-state index contributed by atoms with van der Waals surface area (Å²) in [6, 6.07) is -0.00974. The highest BCUT2D eigenvalue weighted by molar-refractivity contribution is 5.85.